The van der Waals surface area contributed by atoms with Gasteiger partial charge >= 0.3 is 0 Å². The van der Waals surface area contributed by atoms with Crippen molar-refractivity contribution in [2.24, 2.45) is 17.8 Å². The van der Waals surface area contributed by atoms with E-state index < -0.39 is 0 Å². The molecule has 1 aromatic heterocycles. The minimum atomic E-state index is 0.372. The van der Waals surface area contributed by atoms with Crippen molar-refractivity contribution in [2.45, 2.75) is 38.1 Å². The lowest BCUT2D eigenvalue weighted by atomic mass is 10.0. The lowest BCUT2D eigenvalue weighted by Crippen LogP contribution is -2.46. The van der Waals surface area contributed by atoms with Crippen molar-refractivity contribution in [3.05, 3.63) is 24.5 Å². The molecule has 0 aromatic carbocycles. The molecule has 0 radical (unpaired) electrons. The number of anilines is 1. The minimum absolute atomic E-state index is 0.372. The number of carbonyl (C=O) groups is 1. The highest BCUT2D eigenvalue weighted by Gasteiger charge is 2.57. The number of hydrogen-bond donors (Lipinski definition) is 0. The summed E-state index contributed by atoms with van der Waals surface area (Å²) in [7, 11) is 2.03. The molecule has 3 aliphatic rings. The Hall–Kier alpha value is -1.58. The van der Waals surface area contributed by atoms with Crippen LogP contribution in [-0.2, 0) is 4.79 Å². The van der Waals surface area contributed by atoms with Crippen molar-refractivity contribution >= 4 is 11.6 Å². The highest BCUT2D eigenvalue weighted by Crippen LogP contribution is 2.58. The number of hydrogen-bond acceptors (Lipinski definition) is 3. The zero-order chi connectivity index (χ0) is 15.1. The monoisotopic (exact) mass is 299 g/mol. The smallest absolute Gasteiger partial charge is 0.226 e. The Kier molecular flexibility index (Phi) is 3.55. The van der Waals surface area contributed by atoms with Gasteiger partial charge in [-0.15, -0.1) is 0 Å². The van der Waals surface area contributed by atoms with Crippen molar-refractivity contribution in [2.75, 3.05) is 25.0 Å². The molecule has 2 aliphatic carbocycles. The fraction of sp³-hybridized carbons (Fsp3) is 0.667. The average molecular weight is 299 g/mol. The summed E-state index contributed by atoms with van der Waals surface area (Å²) in [5.74, 6) is 2.26. The molecule has 4 nitrogen and oxygen atoms in total. The van der Waals surface area contributed by atoms with E-state index in [1.54, 1.807) is 0 Å². The van der Waals surface area contributed by atoms with Crippen LogP contribution in [0.25, 0.3) is 0 Å². The summed E-state index contributed by atoms with van der Waals surface area (Å²) in [6.45, 7) is 2.06. The highest BCUT2D eigenvalue weighted by atomic mass is 16.2. The molecule has 2 heterocycles. The third-order valence-corrected chi connectivity index (χ3v) is 6.08. The molecule has 1 amide bonds. The van der Waals surface area contributed by atoms with E-state index in [9.17, 15) is 4.79 Å². The van der Waals surface area contributed by atoms with Gasteiger partial charge in [0, 0.05) is 50.2 Å². The first-order valence-corrected chi connectivity index (χ1v) is 8.67. The second kappa shape index (κ2) is 5.56. The summed E-state index contributed by atoms with van der Waals surface area (Å²) >= 11 is 0. The van der Waals surface area contributed by atoms with Crippen molar-refractivity contribution in [3.63, 3.8) is 0 Å². The van der Waals surface area contributed by atoms with Crippen molar-refractivity contribution in [1.82, 2.24) is 9.88 Å². The molecule has 4 rings (SSSR count). The van der Waals surface area contributed by atoms with Gasteiger partial charge in [-0.2, -0.15) is 0 Å². The average Bonchev–Trinajstić information content (AvgIpc) is 3.06. The number of amides is 1. The third-order valence-electron chi connectivity index (χ3n) is 6.08. The Morgan fingerprint density at radius 1 is 1.14 bits per heavy atom. The first-order valence-electron chi connectivity index (χ1n) is 8.67. The van der Waals surface area contributed by atoms with Crippen molar-refractivity contribution in [1.29, 1.82) is 0 Å². The van der Waals surface area contributed by atoms with E-state index in [0.717, 1.165) is 37.8 Å². The molecule has 4 heteroatoms. The summed E-state index contributed by atoms with van der Waals surface area (Å²) in [5.41, 5.74) is 1.25. The summed E-state index contributed by atoms with van der Waals surface area (Å²) < 4.78 is 0. The van der Waals surface area contributed by atoms with Gasteiger partial charge in [-0.3, -0.25) is 9.78 Å². The summed E-state index contributed by atoms with van der Waals surface area (Å²) in [6, 6.07) is 4.56. The molecule has 1 aromatic rings. The Bertz CT molecular complexity index is 529. The van der Waals surface area contributed by atoms with Crippen LogP contribution in [-0.4, -0.2) is 42.0 Å². The predicted octanol–water partition coefficient (Wildman–Crippen LogP) is 2.55. The minimum Gasteiger partial charge on any atom is -0.371 e. The third kappa shape index (κ3) is 2.38. The lowest BCUT2D eigenvalue weighted by molar-refractivity contribution is -0.134. The van der Waals surface area contributed by atoms with Crippen LogP contribution >= 0.6 is 0 Å². The van der Waals surface area contributed by atoms with Gasteiger partial charge in [-0.05, 0) is 49.7 Å². The van der Waals surface area contributed by atoms with E-state index in [1.165, 1.54) is 24.9 Å². The molecule has 22 heavy (non-hydrogen) atoms. The van der Waals surface area contributed by atoms with E-state index in [-0.39, 0.29) is 0 Å². The Morgan fingerprint density at radius 3 is 2.41 bits per heavy atom. The number of nitrogens with zero attached hydrogens (tertiary/aromatic N) is 3. The lowest BCUT2D eigenvalue weighted by Gasteiger charge is -2.38. The maximum absolute atomic E-state index is 12.7. The molecule has 2 saturated carbocycles. The van der Waals surface area contributed by atoms with Gasteiger partial charge in [0.05, 0.1) is 0 Å². The summed E-state index contributed by atoms with van der Waals surface area (Å²) in [6.07, 6.45) is 9.77. The second-order valence-corrected chi connectivity index (χ2v) is 7.16. The van der Waals surface area contributed by atoms with Crippen LogP contribution in [0.15, 0.2) is 24.5 Å². The maximum atomic E-state index is 12.7. The highest BCUT2D eigenvalue weighted by molar-refractivity contribution is 5.82. The van der Waals surface area contributed by atoms with Gasteiger partial charge < -0.3 is 9.80 Å². The van der Waals surface area contributed by atoms with Crippen LogP contribution in [0.3, 0.4) is 0 Å². The zero-order valence-corrected chi connectivity index (χ0v) is 13.3. The Balaban J connectivity index is 1.32. The fourth-order valence-electron chi connectivity index (χ4n) is 4.67. The molecule has 1 saturated heterocycles. The number of pyridine rings is 1. The molecule has 0 spiro atoms. The largest absolute Gasteiger partial charge is 0.371 e. The van der Waals surface area contributed by atoms with E-state index in [4.69, 9.17) is 0 Å². The van der Waals surface area contributed by atoms with Gasteiger partial charge in [0.2, 0.25) is 5.91 Å². The molecular formula is C18H25N3O. The van der Waals surface area contributed by atoms with E-state index in [0.29, 0.717) is 17.9 Å². The zero-order valence-electron chi connectivity index (χ0n) is 13.3. The van der Waals surface area contributed by atoms with E-state index >= 15 is 0 Å². The molecule has 3 fully saturated rings. The number of rotatable bonds is 3. The first-order chi connectivity index (χ1) is 10.8. The molecule has 1 aliphatic heterocycles. The SMILES string of the molecule is CN(C(=O)C1[C@@H]2CCC[C@@H]12)C1CCN(c2ccncc2)CC1. The maximum Gasteiger partial charge on any atom is 0.226 e. The second-order valence-electron chi connectivity index (χ2n) is 7.16. The van der Waals surface area contributed by atoms with Crippen LogP contribution in [0, 0.1) is 17.8 Å². The Morgan fingerprint density at radius 2 is 1.77 bits per heavy atom. The molecule has 2 atom stereocenters. The number of carbonyl (C=O) groups excluding carboxylic acids is 1. The van der Waals surface area contributed by atoms with Crippen LogP contribution in [0.1, 0.15) is 32.1 Å². The van der Waals surface area contributed by atoms with Crippen LogP contribution < -0.4 is 4.90 Å². The summed E-state index contributed by atoms with van der Waals surface area (Å²) in [4.78, 5) is 21.2. The van der Waals surface area contributed by atoms with Crippen LogP contribution in [0.4, 0.5) is 5.69 Å². The standard InChI is InChI=1S/C18H25N3O/c1-20(18(22)17-15-3-2-4-16(15)17)13-7-11-21(12-8-13)14-5-9-19-10-6-14/h5-6,9-10,13,15-17H,2-4,7-8,11-12H2,1H3/t15-,16-/m1/s1. The Labute approximate surface area is 132 Å². The predicted molar refractivity (Wildman–Crippen MR) is 86.6 cm³/mol. The van der Waals surface area contributed by atoms with Gasteiger partial charge in [-0.25, -0.2) is 0 Å². The number of aromatic nitrogens is 1. The summed E-state index contributed by atoms with van der Waals surface area (Å²) in [5, 5.41) is 0. The molecular weight excluding hydrogens is 274 g/mol. The van der Waals surface area contributed by atoms with Crippen molar-refractivity contribution in [3.8, 4) is 0 Å². The quantitative estimate of drug-likeness (QED) is 0.860. The first kappa shape index (κ1) is 14.0. The molecule has 0 bridgehead atoms. The molecule has 118 valence electrons. The van der Waals surface area contributed by atoms with Crippen molar-refractivity contribution < 1.29 is 4.79 Å². The van der Waals surface area contributed by atoms with Crippen LogP contribution in [0.2, 0.25) is 0 Å². The molecule has 0 unspecified atom stereocenters. The topological polar surface area (TPSA) is 36.4 Å². The number of fused-ring (bicyclic) bond motifs is 1. The normalized spacial score (nSPS) is 31.0. The van der Waals surface area contributed by atoms with E-state index in [1.807, 2.05) is 19.4 Å². The van der Waals surface area contributed by atoms with Gasteiger partial charge in [0.25, 0.3) is 0 Å². The fourth-order valence-corrected chi connectivity index (χ4v) is 4.67. The number of piperidine rings is 1. The molecule has 0 N–H and O–H groups in total. The van der Waals surface area contributed by atoms with Gasteiger partial charge in [-0.1, -0.05) is 6.42 Å². The van der Waals surface area contributed by atoms with Gasteiger partial charge in [0.15, 0.2) is 0 Å². The van der Waals surface area contributed by atoms with Crippen LogP contribution in [0.5, 0.6) is 0 Å². The van der Waals surface area contributed by atoms with Gasteiger partial charge in [0.1, 0.15) is 0 Å². The van der Waals surface area contributed by atoms with E-state index in [2.05, 4.69) is 26.9 Å².